The highest BCUT2D eigenvalue weighted by Gasteiger charge is 2.36. The zero-order valence-corrected chi connectivity index (χ0v) is 16.0. The minimum Gasteiger partial charge on any atom is -0.469 e. The number of nitro benzene ring substituents is 1. The molecule has 0 aliphatic heterocycles. The summed E-state index contributed by atoms with van der Waals surface area (Å²) in [6, 6.07) is 5.63. The SMILES string of the molecule is COC(=O)CCCCC(=O)C(C(=O)OC(C)(C)C)c1ccccc1[N+](=O)[O-]. The standard InChI is InChI=1S/C19H25NO7/c1-19(2,3)27-18(23)17(13-9-5-6-10-14(13)20(24)25)15(21)11-7-8-12-16(22)26-4/h5-6,9-10,17H,7-8,11-12H2,1-4H3. The second-order valence-corrected chi connectivity index (χ2v) is 7.03. The van der Waals surface area contributed by atoms with E-state index in [9.17, 15) is 24.5 Å². The third kappa shape index (κ3) is 7.16. The van der Waals surface area contributed by atoms with Gasteiger partial charge in [-0.2, -0.15) is 0 Å². The van der Waals surface area contributed by atoms with Crippen LogP contribution in [0.15, 0.2) is 24.3 Å². The van der Waals surface area contributed by atoms with E-state index >= 15 is 0 Å². The Kier molecular flexibility index (Phi) is 8.08. The van der Waals surface area contributed by atoms with Crippen molar-refractivity contribution in [3.8, 4) is 0 Å². The van der Waals surface area contributed by atoms with Crippen molar-refractivity contribution in [2.24, 2.45) is 0 Å². The minimum absolute atomic E-state index is 0.00699. The van der Waals surface area contributed by atoms with Crippen molar-refractivity contribution in [3.05, 3.63) is 39.9 Å². The monoisotopic (exact) mass is 379 g/mol. The van der Waals surface area contributed by atoms with Gasteiger partial charge in [-0.25, -0.2) is 0 Å². The highest BCUT2D eigenvalue weighted by Crippen LogP contribution is 2.31. The second kappa shape index (κ2) is 9.80. The predicted octanol–water partition coefficient (Wildman–Crippen LogP) is 3.32. The Labute approximate surface area is 158 Å². The van der Waals surface area contributed by atoms with Crippen molar-refractivity contribution < 1.29 is 28.8 Å². The molecule has 0 aromatic heterocycles. The topological polar surface area (TPSA) is 113 Å². The summed E-state index contributed by atoms with van der Waals surface area (Å²) in [7, 11) is 1.28. The van der Waals surface area contributed by atoms with Crippen LogP contribution < -0.4 is 0 Å². The van der Waals surface area contributed by atoms with E-state index in [2.05, 4.69) is 4.74 Å². The molecular formula is C19H25NO7. The third-order valence-corrected chi connectivity index (χ3v) is 3.69. The van der Waals surface area contributed by atoms with Crippen LogP contribution in [0.2, 0.25) is 0 Å². The van der Waals surface area contributed by atoms with E-state index in [4.69, 9.17) is 4.74 Å². The molecule has 0 saturated carbocycles. The maximum absolute atomic E-state index is 12.7. The van der Waals surface area contributed by atoms with Crippen LogP contribution in [0.5, 0.6) is 0 Å². The zero-order chi connectivity index (χ0) is 20.6. The van der Waals surface area contributed by atoms with Crippen molar-refractivity contribution in [2.75, 3.05) is 7.11 Å². The average Bonchev–Trinajstić information content (AvgIpc) is 2.57. The first-order chi connectivity index (χ1) is 12.6. The summed E-state index contributed by atoms with van der Waals surface area (Å²) in [5.74, 6) is -3.08. The molecule has 0 amide bonds. The lowest BCUT2D eigenvalue weighted by Gasteiger charge is -2.23. The first kappa shape index (κ1) is 22.3. The fourth-order valence-corrected chi connectivity index (χ4v) is 2.51. The molecule has 27 heavy (non-hydrogen) atoms. The van der Waals surface area contributed by atoms with Gasteiger partial charge in [-0.3, -0.25) is 24.5 Å². The van der Waals surface area contributed by atoms with E-state index in [0.29, 0.717) is 12.8 Å². The summed E-state index contributed by atoms with van der Waals surface area (Å²) in [5.41, 5.74) is -1.14. The number of Topliss-reactive ketones (excluding diaryl/α,β-unsaturated/α-hetero) is 1. The summed E-state index contributed by atoms with van der Waals surface area (Å²) in [6.45, 7) is 4.96. The molecule has 1 rings (SSSR count). The fraction of sp³-hybridized carbons (Fsp3) is 0.526. The van der Waals surface area contributed by atoms with Gasteiger partial charge in [0.2, 0.25) is 0 Å². The molecule has 0 N–H and O–H groups in total. The van der Waals surface area contributed by atoms with Crippen molar-refractivity contribution in [1.82, 2.24) is 0 Å². The number of benzene rings is 1. The number of ether oxygens (including phenoxy) is 2. The zero-order valence-electron chi connectivity index (χ0n) is 16.0. The molecule has 1 unspecified atom stereocenters. The number of methoxy groups -OCH3 is 1. The average molecular weight is 379 g/mol. The van der Waals surface area contributed by atoms with E-state index < -0.39 is 28.2 Å². The minimum atomic E-state index is -1.39. The van der Waals surface area contributed by atoms with E-state index in [1.807, 2.05) is 0 Å². The molecule has 8 heteroatoms. The molecule has 0 heterocycles. The van der Waals surface area contributed by atoms with Gasteiger partial charge in [-0.1, -0.05) is 18.2 Å². The van der Waals surface area contributed by atoms with Crippen molar-refractivity contribution in [2.45, 2.75) is 58.0 Å². The van der Waals surface area contributed by atoms with Crippen LogP contribution in [0.1, 0.15) is 57.9 Å². The first-order valence-corrected chi connectivity index (χ1v) is 8.62. The summed E-state index contributed by atoms with van der Waals surface area (Å²) < 4.78 is 9.85. The molecule has 0 radical (unpaired) electrons. The Hall–Kier alpha value is -2.77. The Morgan fingerprint density at radius 1 is 1.11 bits per heavy atom. The Bertz CT molecular complexity index is 706. The number of carbonyl (C=O) groups excluding carboxylic acids is 3. The predicted molar refractivity (Wildman–Crippen MR) is 97.2 cm³/mol. The van der Waals surface area contributed by atoms with Gasteiger partial charge in [0, 0.05) is 18.9 Å². The van der Waals surface area contributed by atoms with Gasteiger partial charge >= 0.3 is 11.9 Å². The lowest BCUT2D eigenvalue weighted by molar-refractivity contribution is -0.385. The summed E-state index contributed by atoms with van der Waals surface area (Å²) in [4.78, 5) is 47.2. The first-order valence-electron chi connectivity index (χ1n) is 8.62. The van der Waals surface area contributed by atoms with Crippen LogP contribution in [0.25, 0.3) is 0 Å². The summed E-state index contributed by atoms with van der Waals surface area (Å²) in [5, 5.41) is 11.3. The fourth-order valence-electron chi connectivity index (χ4n) is 2.51. The Balaban J connectivity index is 3.05. The number of ketones is 1. The number of unbranched alkanes of at least 4 members (excludes halogenated alkanes) is 1. The van der Waals surface area contributed by atoms with E-state index in [1.165, 1.54) is 31.4 Å². The van der Waals surface area contributed by atoms with Gasteiger partial charge in [0.25, 0.3) is 5.69 Å². The maximum atomic E-state index is 12.7. The molecule has 0 aliphatic carbocycles. The maximum Gasteiger partial charge on any atom is 0.321 e. The summed E-state index contributed by atoms with van der Waals surface area (Å²) >= 11 is 0. The van der Waals surface area contributed by atoms with Gasteiger partial charge in [0.15, 0.2) is 5.78 Å². The smallest absolute Gasteiger partial charge is 0.321 e. The third-order valence-electron chi connectivity index (χ3n) is 3.69. The largest absolute Gasteiger partial charge is 0.469 e. The number of nitro groups is 1. The number of esters is 2. The van der Waals surface area contributed by atoms with Crippen LogP contribution in [-0.4, -0.2) is 35.4 Å². The molecule has 1 aromatic rings. The van der Waals surface area contributed by atoms with Crippen LogP contribution >= 0.6 is 0 Å². The molecule has 1 atom stereocenters. The van der Waals surface area contributed by atoms with Crippen LogP contribution in [0.4, 0.5) is 5.69 Å². The van der Waals surface area contributed by atoms with Crippen molar-refractivity contribution >= 4 is 23.4 Å². The molecule has 8 nitrogen and oxygen atoms in total. The summed E-state index contributed by atoms with van der Waals surface area (Å²) in [6.07, 6.45) is 0.920. The van der Waals surface area contributed by atoms with Crippen LogP contribution in [0.3, 0.4) is 0 Å². The number of carbonyl (C=O) groups is 3. The second-order valence-electron chi connectivity index (χ2n) is 7.03. The molecule has 0 bridgehead atoms. The molecule has 0 spiro atoms. The lowest BCUT2D eigenvalue weighted by atomic mass is 9.90. The number of para-hydroxylation sites is 1. The van der Waals surface area contributed by atoms with Gasteiger partial charge in [0.1, 0.15) is 11.5 Å². The molecule has 148 valence electrons. The molecule has 0 fully saturated rings. The highest BCUT2D eigenvalue weighted by atomic mass is 16.6. The van der Waals surface area contributed by atoms with Gasteiger partial charge in [0.05, 0.1) is 17.6 Å². The van der Waals surface area contributed by atoms with Crippen LogP contribution in [-0.2, 0) is 23.9 Å². The molecule has 1 aromatic carbocycles. The van der Waals surface area contributed by atoms with Gasteiger partial charge < -0.3 is 9.47 Å². The van der Waals surface area contributed by atoms with Crippen LogP contribution in [0, 0.1) is 10.1 Å². The van der Waals surface area contributed by atoms with E-state index in [1.54, 1.807) is 20.8 Å². The molecular weight excluding hydrogens is 354 g/mol. The molecule has 0 aliphatic rings. The van der Waals surface area contributed by atoms with Crippen molar-refractivity contribution in [1.29, 1.82) is 0 Å². The number of nitrogens with zero attached hydrogens (tertiary/aromatic N) is 1. The van der Waals surface area contributed by atoms with Gasteiger partial charge in [-0.05, 0) is 33.6 Å². The number of hydrogen-bond acceptors (Lipinski definition) is 7. The number of rotatable bonds is 9. The van der Waals surface area contributed by atoms with E-state index in [0.717, 1.165) is 0 Å². The normalized spacial score (nSPS) is 12.1. The van der Waals surface area contributed by atoms with Gasteiger partial charge in [-0.15, -0.1) is 0 Å². The number of hydrogen-bond donors (Lipinski definition) is 0. The van der Waals surface area contributed by atoms with Crippen molar-refractivity contribution in [3.63, 3.8) is 0 Å². The molecule has 0 saturated heterocycles. The quantitative estimate of drug-likeness (QED) is 0.213. The lowest BCUT2D eigenvalue weighted by Crippen LogP contribution is -2.31. The Morgan fingerprint density at radius 2 is 1.70 bits per heavy atom. The van der Waals surface area contributed by atoms with E-state index in [-0.39, 0.29) is 30.1 Å². The highest BCUT2D eigenvalue weighted by molar-refractivity contribution is 6.05. The Morgan fingerprint density at radius 3 is 2.26 bits per heavy atom.